The van der Waals surface area contributed by atoms with Crippen molar-refractivity contribution in [1.82, 2.24) is 14.7 Å². The minimum absolute atomic E-state index is 0.0534. The van der Waals surface area contributed by atoms with Crippen molar-refractivity contribution in [3.05, 3.63) is 84.9 Å². The number of hydrogen-bond donors (Lipinski definition) is 3. The third-order valence-electron chi connectivity index (χ3n) is 5.59. The minimum atomic E-state index is -3.50. The highest BCUT2D eigenvalue weighted by Crippen LogP contribution is 2.28. The molecule has 5 rings (SSSR count). The standard InChI is InChI=1S/C25H24N4O3S/c30-25(27-26-20-12-14-22(15-13-20)33(31,32)28-21-10-11-21)17-29-23-9-5-4-8-19(23)16-24(29)18-6-2-1-3-7-18/h1-9,12-16,21,26,28H,10-11,17H2,(H,27,30). The molecule has 0 atom stereocenters. The zero-order valence-electron chi connectivity index (χ0n) is 17.9. The van der Waals surface area contributed by atoms with Gasteiger partial charge in [0.2, 0.25) is 10.0 Å². The van der Waals surface area contributed by atoms with Crippen LogP contribution in [-0.2, 0) is 21.4 Å². The zero-order chi connectivity index (χ0) is 22.8. The third kappa shape index (κ3) is 4.76. The van der Waals surface area contributed by atoms with Gasteiger partial charge in [0.05, 0.1) is 10.6 Å². The molecule has 3 aromatic carbocycles. The number of amides is 1. The summed E-state index contributed by atoms with van der Waals surface area (Å²) in [5.74, 6) is -0.222. The molecule has 33 heavy (non-hydrogen) atoms. The van der Waals surface area contributed by atoms with Crippen molar-refractivity contribution in [2.45, 2.75) is 30.3 Å². The van der Waals surface area contributed by atoms with E-state index >= 15 is 0 Å². The van der Waals surface area contributed by atoms with E-state index in [4.69, 9.17) is 0 Å². The number of sulfonamides is 1. The average molecular weight is 461 g/mol. The Morgan fingerprint density at radius 1 is 0.909 bits per heavy atom. The molecule has 1 aromatic heterocycles. The van der Waals surface area contributed by atoms with E-state index in [2.05, 4.69) is 21.6 Å². The van der Waals surface area contributed by atoms with Crippen molar-refractivity contribution in [1.29, 1.82) is 0 Å². The summed E-state index contributed by atoms with van der Waals surface area (Å²) in [5.41, 5.74) is 9.14. The Morgan fingerprint density at radius 3 is 2.33 bits per heavy atom. The normalized spacial score (nSPS) is 13.7. The number of nitrogens with one attached hydrogen (secondary N) is 3. The van der Waals surface area contributed by atoms with E-state index in [1.54, 1.807) is 12.1 Å². The summed E-state index contributed by atoms with van der Waals surface area (Å²) >= 11 is 0. The molecule has 168 valence electrons. The lowest BCUT2D eigenvalue weighted by Gasteiger charge is -2.13. The summed E-state index contributed by atoms with van der Waals surface area (Å²) in [6.45, 7) is 0.127. The molecule has 8 heteroatoms. The van der Waals surface area contributed by atoms with Gasteiger partial charge in [0, 0.05) is 22.6 Å². The van der Waals surface area contributed by atoms with Gasteiger partial charge in [-0.05, 0) is 54.8 Å². The van der Waals surface area contributed by atoms with Crippen LogP contribution in [0, 0.1) is 0 Å². The predicted octanol–water partition coefficient (Wildman–Crippen LogP) is 3.89. The molecule has 0 bridgehead atoms. The highest BCUT2D eigenvalue weighted by molar-refractivity contribution is 7.89. The summed E-state index contributed by atoms with van der Waals surface area (Å²) in [5, 5.41) is 1.06. The average Bonchev–Trinajstić information content (AvgIpc) is 3.57. The highest BCUT2D eigenvalue weighted by atomic mass is 32.2. The topological polar surface area (TPSA) is 92.2 Å². The zero-order valence-corrected chi connectivity index (χ0v) is 18.7. The predicted molar refractivity (Wildman–Crippen MR) is 129 cm³/mol. The molecule has 1 fully saturated rings. The second-order valence-corrected chi connectivity index (χ2v) is 9.85. The Morgan fingerprint density at radius 2 is 1.61 bits per heavy atom. The molecule has 0 radical (unpaired) electrons. The molecule has 1 saturated carbocycles. The second-order valence-electron chi connectivity index (χ2n) is 8.13. The summed E-state index contributed by atoms with van der Waals surface area (Å²) in [7, 11) is -3.50. The quantitative estimate of drug-likeness (QED) is 0.348. The molecule has 1 heterocycles. The molecule has 1 aliphatic rings. The number of benzene rings is 3. The fourth-order valence-corrected chi connectivity index (χ4v) is 5.06. The number of rotatable bonds is 8. The van der Waals surface area contributed by atoms with Crippen molar-refractivity contribution in [3.8, 4) is 11.3 Å². The van der Waals surface area contributed by atoms with Gasteiger partial charge < -0.3 is 4.57 Å². The van der Waals surface area contributed by atoms with Crippen LogP contribution in [0.1, 0.15) is 12.8 Å². The van der Waals surface area contributed by atoms with Crippen molar-refractivity contribution >= 4 is 32.5 Å². The number of fused-ring (bicyclic) bond motifs is 1. The number of aromatic nitrogens is 1. The fourth-order valence-electron chi connectivity index (χ4n) is 3.76. The van der Waals surface area contributed by atoms with Crippen molar-refractivity contribution in [2.24, 2.45) is 0 Å². The molecule has 4 aromatic rings. The first kappa shape index (κ1) is 21.2. The van der Waals surface area contributed by atoms with Crippen LogP contribution in [0.4, 0.5) is 5.69 Å². The molecule has 0 saturated heterocycles. The maximum absolute atomic E-state index is 12.8. The van der Waals surface area contributed by atoms with Gasteiger partial charge in [-0.15, -0.1) is 0 Å². The van der Waals surface area contributed by atoms with E-state index in [0.29, 0.717) is 5.69 Å². The lowest BCUT2D eigenvalue weighted by molar-refractivity contribution is -0.121. The monoisotopic (exact) mass is 460 g/mol. The van der Waals surface area contributed by atoms with Gasteiger partial charge in [-0.2, -0.15) is 0 Å². The number of carbonyl (C=O) groups excluding carboxylic acids is 1. The molecule has 1 amide bonds. The van der Waals surface area contributed by atoms with Gasteiger partial charge in [-0.3, -0.25) is 15.6 Å². The molecule has 0 spiro atoms. The van der Waals surface area contributed by atoms with Crippen LogP contribution in [0.5, 0.6) is 0 Å². The number of anilines is 1. The Kier molecular flexibility index (Phi) is 5.62. The second kappa shape index (κ2) is 8.73. The maximum atomic E-state index is 12.8. The number of carbonyl (C=O) groups is 1. The van der Waals surface area contributed by atoms with Crippen LogP contribution in [0.25, 0.3) is 22.2 Å². The summed E-state index contributed by atoms with van der Waals surface area (Å²) in [4.78, 5) is 13.0. The number of hydrazine groups is 1. The Balaban J connectivity index is 1.29. The van der Waals surface area contributed by atoms with Gasteiger partial charge in [0.1, 0.15) is 6.54 Å². The van der Waals surface area contributed by atoms with Crippen LogP contribution in [0.2, 0.25) is 0 Å². The minimum Gasteiger partial charge on any atom is -0.331 e. The smallest absolute Gasteiger partial charge is 0.258 e. The van der Waals surface area contributed by atoms with Gasteiger partial charge in [0.15, 0.2) is 0 Å². The lowest BCUT2D eigenvalue weighted by atomic mass is 10.1. The van der Waals surface area contributed by atoms with E-state index in [0.717, 1.165) is 35.0 Å². The third-order valence-corrected chi connectivity index (χ3v) is 7.13. The SMILES string of the molecule is O=C(Cn1c(-c2ccccc2)cc2ccccc21)NNc1ccc(S(=O)(=O)NC2CC2)cc1. The van der Waals surface area contributed by atoms with E-state index in [1.807, 2.05) is 59.2 Å². The Bertz CT molecular complexity index is 1390. The van der Waals surface area contributed by atoms with Crippen molar-refractivity contribution in [2.75, 3.05) is 5.43 Å². The fraction of sp³-hybridized carbons (Fsp3) is 0.160. The van der Waals surface area contributed by atoms with Gasteiger partial charge >= 0.3 is 0 Å². The number of nitrogens with zero attached hydrogens (tertiary/aromatic N) is 1. The Labute approximate surface area is 192 Å². The first-order valence-electron chi connectivity index (χ1n) is 10.8. The van der Waals surface area contributed by atoms with Crippen molar-refractivity contribution < 1.29 is 13.2 Å². The van der Waals surface area contributed by atoms with Gasteiger partial charge in [0.25, 0.3) is 5.91 Å². The summed E-state index contributed by atoms with van der Waals surface area (Å²) in [6.07, 6.45) is 1.77. The lowest BCUT2D eigenvalue weighted by Crippen LogP contribution is -2.32. The van der Waals surface area contributed by atoms with E-state index in [-0.39, 0.29) is 23.4 Å². The molecule has 0 unspecified atom stereocenters. The largest absolute Gasteiger partial charge is 0.331 e. The number of hydrogen-bond acceptors (Lipinski definition) is 4. The Hall–Kier alpha value is -3.62. The van der Waals surface area contributed by atoms with E-state index in [9.17, 15) is 13.2 Å². The molecular weight excluding hydrogens is 436 g/mol. The van der Waals surface area contributed by atoms with Gasteiger partial charge in [-0.25, -0.2) is 13.1 Å². The summed E-state index contributed by atoms with van der Waals surface area (Å²) in [6, 6.07) is 26.4. The molecule has 7 nitrogen and oxygen atoms in total. The number of para-hydroxylation sites is 1. The maximum Gasteiger partial charge on any atom is 0.258 e. The van der Waals surface area contributed by atoms with E-state index in [1.165, 1.54) is 12.1 Å². The molecule has 3 N–H and O–H groups in total. The van der Waals surface area contributed by atoms with Crippen LogP contribution in [0.3, 0.4) is 0 Å². The van der Waals surface area contributed by atoms with Crippen LogP contribution >= 0.6 is 0 Å². The van der Waals surface area contributed by atoms with E-state index < -0.39 is 10.0 Å². The first-order chi connectivity index (χ1) is 16.0. The highest BCUT2D eigenvalue weighted by Gasteiger charge is 2.27. The van der Waals surface area contributed by atoms with Crippen LogP contribution in [0.15, 0.2) is 89.8 Å². The molecular formula is C25H24N4O3S. The summed E-state index contributed by atoms with van der Waals surface area (Å²) < 4.78 is 29.2. The van der Waals surface area contributed by atoms with Crippen LogP contribution < -0.4 is 15.6 Å². The van der Waals surface area contributed by atoms with Crippen molar-refractivity contribution in [3.63, 3.8) is 0 Å². The first-order valence-corrected chi connectivity index (χ1v) is 12.3. The van der Waals surface area contributed by atoms with Gasteiger partial charge in [-0.1, -0.05) is 48.5 Å². The molecule has 1 aliphatic carbocycles. The molecule has 0 aliphatic heterocycles. The van der Waals surface area contributed by atoms with Crippen LogP contribution in [-0.4, -0.2) is 24.9 Å².